The van der Waals surface area contributed by atoms with Crippen molar-refractivity contribution in [3.63, 3.8) is 0 Å². The van der Waals surface area contributed by atoms with Crippen LogP contribution in [0.15, 0.2) is 24.4 Å². The third kappa shape index (κ3) is 2.68. The molecular formula is C12H14FN3O. The fraction of sp³-hybridized carbons (Fsp3) is 0.333. The Kier molecular flexibility index (Phi) is 3.19. The largest absolute Gasteiger partial charge is 0.388 e. The maximum atomic E-state index is 13.3. The van der Waals surface area contributed by atoms with E-state index in [1.807, 2.05) is 0 Å². The molecule has 0 fully saturated rings. The van der Waals surface area contributed by atoms with Gasteiger partial charge in [0.2, 0.25) is 0 Å². The minimum Gasteiger partial charge on any atom is -0.388 e. The molecule has 0 saturated carbocycles. The summed E-state index contributed by atoms with van der Waals surface area (Å²) in [4.78, 5) is 0. The molecule has 90 valence electrons. The van der Waals surface area contributed by atoms with Crippen LogP contribution in [-0.2, 0) is 13.5 Å². The summed E-state index contributed by atoms with van der Waals surface area (Å²) >= 11 is 0. The van der Waals surface area contributed by atoms with E-state index in [1.165, 1.54) is 6.07 Å². The molecular weight excluding hydrogens is 221 g/mol. The zero-order valence-corrected chi connectivity index (χ0v) is 9.76. The topological polar surface area (TPSA) is 50.9 Å². The number of aliphatic hydroxyl groups is 1. The molecule has 0 saturated heterocycles. The summed E-state index contributed by atoms with van der Waals surface area (Å²) < 4.78 is 14.9. The molecule has 1 aromatic carbocycles. The lowest BCUT2D eigenvalue weighted by atomic mass is 10.0. The first-order valence-electron chi connectivity index (χ1n) is 5.35. The van der Waals surface area contributed by atoms with Crippen LogP contribution in [0.1, 0.15) is 22.9 Å². The van der Waals surface area contributed by atoms with Gasteiger partial charge in [-0.3, -0.25) is 4.68 Å². The molecule has 0 amide bonds. The third-order valence-electron chi connectivity index (χ3n) is 2.63. The van der Waals surface area contributed by atoms with Gasteiger partial charge in [0.15, 0.2) is 0 Å². The van der Waals surface area contributed by atoms with E-state index in [2.05, 4.69) is 10.3 Å². The van der Waals surface area contributed by atoms with Crippen molar-refractivity contribution in [1.82, 2.24) is 15.0 Å². The molecule has 0 radical (unpaired) electrons. The molecule has 4 nitrogen and oxygen atoms in total. The van der Waals surface area contributed by atoms with Crippen LogP contribution < -0.4 is 0 Å². The van der Waals surface area contributed by atoms with E-state index in [0.717, 1.165) is 0 Å². The van der Waals surface area contributed by atoms with Crippen molar-refractivity contribution < 1.29 is 9.50 Å². The van der Waals surface area contributed by atoms with E-state index in [0.29, 0.717) is 23.2 Å². The van der Waals surface area contributed by atoms with E-state index in [4.69, 9.17) is 0 Å². The van der Waals surface area contributed by atoms with Crippen molar-refractivity contribution in [2.45, 2.75) is 19.4 Å². The highest BCUT2D eigenvalue weighted by molar-refractivity contribution is 5.25. The zero-order chi connectivity index (χ0) is 12.4. The van der Waals surface area contributed by atoms with Crippen molar-refractivity contribution in [1.29, 1.82) is 0 Å². The van der Waals surface area contributed by atoms with Gasteiger partial charge in [-0.1, -0.05) is 17.3 Å². The van der Waals surface area contributed by atoms with Gasteiger partial charge in [-0.2, -0.15) is 0 Å². The van der Waals surface area contributed by atoms with Gasteiger partial charge in [0, 0.05) is 19.7 Å². The van der Waals surface area contributed by atoms with Crippen LogP contribution in [0.3, 0.4) is 0 Å². The van der Waals surface area contributed by atoms with E-state index < -0.39 is 6.10 Å². The van der Waals surface area contributed by atoms with Crippen LogP contribution in [0, 0.1) is 12.7 Å². The van der Waals surface area contributed by atoms with Gasteiger partial charge in [-0.25, -0.2) is 4.39 Å². The fourth-order valence-corrected chi connectivity index (χ4v) is 1.62. The minimum absolute atomic E-state index is 0.305. The molecule has 0 aliphatic heterocycles. The summed E-state index contributed by atoms with van der Waals surface area (Å²) in [6.07, 6.45) is 1.30. The molecule has 17 heavy (non-hydrogen) atoms. The zero-order valence-electron chi connectivity index (χ0n) is 9.76. The Hall–Kier alpha value is -1.75. The van der Waals surface area contributed by atoms with Crippen LogP contribution in [0.5, 0.6) is 0 Å². The lowest BCUT2D eigenvalue weighted by molar-refractivity contribution is 0.176. The van der Waals surface area contributed by atoms with E-state index in [-0.39, 0.29) is 5.82 Å². The maximum absolute atomic E-state index is 13.3. The maximum Gasteiger partial charge on any atom is 0.126 e. The van der Waals surface area contributed by atoms with Gasteiger partial charge in [0.1, 0.15) is 5.82 Å². The van der Waals surface area contributed by atoms with E-state index >= 15 is 0 Å². The lowest BCUT2D eigenvalue weighted by Crippen LogP contribution is -2.03. The second-order valence-corrected chi connectivity index (χ2v) is 4.11. The highest BCUT2D eigenvalue weighted by Gasteiger charge is 2.12. The Balaban J connectivity index is 2.14. The number of aliphatic hydroxyl groups excluding tert-OH is 1. The SMILES string of the molecule is Cc1ccc(C(O)Cc2cn(C)nn2)cc1F. The smallest absolute Gasteiger partial charge is 0.126 e. The molecule has 5 heteroatoms. The highest BCUT2D eigenvalue weighted by atomic mass is 19.1. The Morgan fingerprint density at radius 1 is 1.47 bits per heavy atom. The van der Waals surface area contributed by atoms with Gasteiger partial charge < -0.3 is 5.11 Å². The molecule has 1 unspecified atom stereocenters. The van der Waals surface area contributed by atoms with Crippen molar-refractivity contribution >= 4 is 0 Å². The van der Waals surface area contributed by atoms with Gasteiger partial charge in [0.25, 0.3) is 0 Å². The van der Waals surface area contributed by atoms with Crippen LogP contribution in [0.4, 0.5) is 4.39 Å². The summed E-state index contributed by atoms with van der Waals surface area (Å²) in [7, 11) is 1.76. The number of nitrogens with zero attached hydrogens (tertiary/aromatic N) is 3. The minimum atomic E-state index is -0.762. The second kappa shape index (κ2) is 4.63. The van der Waals surface area contributed by atoms with E-state index in [1.54, 1.807) is 37.0 Å². The van der Waals surface area contributed by atoms with Crippen molar-refractivity contribution in [3.8, 4) is 0 Å². The summed E-state index contributed by atoms with van der Waals surface area (Å²) in [6, 6.07) is 4.74. The van der Waals surface area contributed by atoms with Crippen LogP contribution in [-0.4, -0.2) is 20.1 Å². The summed E-state index contributed by atoms with van der Waals surface area (Å²) in [5.74, 6) is -0.305. The summed E-state index contributed by atoms with van der Waals surface area (Å²) in [6.45, 7) is 1.69. The Labute approximate surface area is 98.7 Å². The Morgan fingerprint density at radius 3 is 2.82 bits per heavy atom. The second-order valence-electron chi connectivity index (χ2n) is 4.11. The molecule has 0 spiro atoms. The number of benzene rings is 1. The van der Waals surface area contributed by atoms with E-state index in [9.17, 15) is 9.50 Å². The number of hydrogen-bond acceptors (Lipinski definition) is 3. The number of rotatable bonds is 3. The van der Waals surface area contributed by atoms with Gasteiger partial charge in [-0.05, 0) is 24.1 Å². The van der Waals surface area contributed by atoms with Crippen molar-refractivity contribution in [3.05, 3.63) is 47.0 Å². The molecule has 1 N–H and O–H groups in total. The first-order chi connectivity index (χ1) is 8.06. The standard InChI is InChI=1S/C12H14FN3O/c1-8-3-4-9(5-11(8)13)12(17)6-10-7-16(2)15-14-10/h3-5,7,12,17H,6H2,1-2H3. The molecule has 2 rings (SSSR count). The van der Waals surface area contributed by atoms with Crippen LogP contribution in [0.2, 0.25) is 0 Å². The number of halogens is 1. The molecule has 1 heterocycles. The predicted molar refractivity (Wildman–Crippen MR) is 60.8 cm³/mol. The van der Waals surface area contributed by atoms with Gasteiger partial charge in [-0.15, -0.1) is 5.10 Å². The van der Waals surface area contributed by atoms with Gasteiger partial charge >= 0.3 is 0 Å². The van der Waals surface area contributed by atoms with Crippen molar-refractivity contribution in [2.24, 2.45) is 7.05 Å². The monoisotopic (exact) mass is 235 g/mol. The first-order valence-corrected chi connectivity index (χ1v) is 5.35. The number of aryl methyl sites for hydroxylation is 2. The molecule has 0 aliphatic carbocycles. The fourth-order valence-electron chi connectivity index (χ4n) is 1.62. The predicted octanol–water partition coefficient (Wildman–Crippen LogP) is 1.54. The average Bonchev–Trinajstić information content (AvgIpc) is 2.68. The average molecular weight is 235 g/mol. The Morgan fingerprint density at radius 2 is 2.24 bits per heavy atom. The summed E-state index contributed by atoms with van der Waals surface area (Å²) in [5, 5.41) is 17.6. The molecule has 2 aromatic rings. The number of hydrogen-bond donors (Lipinski definition) is 1. The normalized spacial score (nSPS) is 12.7. The molecule has 0 aliphatic rings. The first kappa shape index (κ1) is 11.7. The van der Waals surface area contributed by atoms with Crippen LogP contribution in [0.25, 0.3) is 0 Å². The molecule has 0 bridgehead atoms. The van der Waals surface area contributed by atoms with Gasteiger partial charge in [0.05, 0.1) is 11.8 Å². The van der Waals surface area contributed by atoms with Crippen LogP contribution >= 0.6 is 0 Å². The molecule has 1 atom stereocenters. The van der Waals surface area contributed by atoms with Crippen molar-refractivity contribution in [2.75, 3.05) is 0 Å². The lowest BCUT2D eigenvalue weighted by Gasteiger charge is -2.09. The highest BCUT2D eigenvalue weighted by Crippen LogP contribution is 2.19. The summed E-state index contributed by atoms with van der Waals surface area (Å²) in [5.41, 5.74) is 1.81. The quantitative estimate of drug-likeness (QED) is 0.878. The number of aromatic nitrogens is 3. The Bertz CT molecular complexity index is 524. The third-order valence-corrected chi connectivity index (χ3v) is 2.63. The molecule has 1 aromatic heterocycles.